The molecule has 0 saturated carbocycles. The lowest BCUT2D eigenvalue weighted by Crippen LogP contribution is -1.97. The molecule has 0 aromatic heterocycles. The van der Waals surface area contributed by atoms with Crippen LogP contribution in [0, 0.1) is 23.3 Å². The zero-order chi connectivity index (χ0) is 90.1. The minimum Gasteiger partial charge on any atom is -0.206 e. The minimum atomic E-state index is -0.356. The molecule has 632 valence electrons. The molecule has 0 nitrogen and oxygen atoms in total. The van der Waals surface area contributed by atoms with Crippen molar-refractivity contribution in [2.24, 2.45) is 0 Å². The SMILES string of the molecule is Fc1ccccc1-c1c2c(c(-c3ccccc3F)c3ccccc13)-c1ccc3c4c(ccc-2c14)-c1c-3c(-c2ccccc2F)c2ccccc2c1-c1ccccc1F.c1ccc(-c2ccc(-c3c4c(c(-c5ccc(-c6ccccc6)cc5)c5ccccc35)-c3ccc5c6c(ccc-4c36)-c3c-5c(-c4ccc(-c5ccccc5)cc4)c4ccccc4c3-c3ccc(-c4ccccc4)cc3)cc2)cc1. The highest BCUT2D eigenvalue weighted by Gasteiger charge is 2.41. The van der Waals surface area contributed by atoms with E-state index in [1.807, 2.05) is 72.8 Å². The average molecular weight is 1740 g/mol. The van der Waals surface area contributed by atoms with E-state index in [0.717, 1.165) is 99.1 Å². The van der Waals surface area contributed by atoms with Crippen molar-refractivity contribution < 1.29 is 17.6 Å². The van der Waals surface area contributed by atoms with E-state index < -0.39 is 0 Å². The third-order valence-electron chi connectivity index (χ3n) is 29.0. The van der Waals surface area contributed by atoms with Gasteiger partial charge < -0.3 is 0 Å². The molecule has 0 saturated heterocycles. The molecule has 4 aliphatic carbocycles. The van der Waals surface area contributed by atoms with Crippen molar-refractivity contribution in [2.45, 2.75) is 0 Å². The number of fused-ring (bicyclic) bond motifs is 16. The van der Waals surface area contributed by atoms with Crippen molar-refractivity contribution in [2.75, 3.05) is 0 Å². The lowest BCUT2D eigenvalue weighted by Gasteiger charge is -2.21. The molecular weight excluding hydrogens is 1660 g/mol. The first-order valence-electron chi connectivity index (χ1n) is 46.4. The highest BCUT2D eigenvalue weighted by Crippen LogP contribution is 2.68. The first-order chi connectivity index (χ1) is 67.2. The Bertz CT molecular complexity index is 8120. The summed E-state index contributed by atoms with van der Waals surface area (Å²) >= 11 is 0. The van der Waals surface area contributed by atoms with Crippen molar-refractivity contribution >= 4 is 64.6 Å². The molecule has 136 heavy (non-hydrogen) atoms. The first kappa shape index (κ1) is 78.4. The summed E-state index contributed by atoms with van der Waals surface area (Å²) in [6.45, 7) is 0. The van der Waals surface area contributed by atoms with Gasteiger partial charge in [-0.3, -0.25) is 0 Å². The van der Waals surface area contributed by atoms with Crippen LogP contribution in [0.15, 0.2) is 461 Å². The van der Waals surface area contributed by atoms with Crippen LogP contribution in [0.5, 0.6) is 0 Å². The normalized spacial score (nSPS) is 12.0. The minimum absolute atomic E-state index is 0.356. The Kier molecular flexibility index (Phi) is 17.9. The van der Waals surface area contributed by atoms with Crippen LogP contribution in [-0.2, 0) is 0 Å². The zero-order valence-corrected chi connectivity index (χ0v) is 73.4. The Morgan fingerprint density at radius 3 is 0.397 bits per heavy atom. The van der Waals surface area contributed by atoms with E-state index in [1.54, 1.807) is 48.5 Å². The second-order valence-corrected chi connectivity index (χ2v) is 36.0. The highest BCUT2D eigenvalue weighted by atomic mass is 19.1. The molecule has 0 unspecified atom stereocenters. The maximum atomic E-state index is 16.2. The molecule has 24 aromatic rings. The van der Waals surface area contributed by atoms with E-state index in [-0.39, 0.29) is 23.3 Å². The van der Waals surface area contributed by atoms with Crippen LogP contribution in [0.1, 0.15) is 0 Å². The van der Waals surface area contributed by atoms with Gasteiger partial charge in [0, 0.05) is 44.5 Å². The topological polar surface area (TPSA) is 0 Å². The predicted octanol–water partition coefficient (Wildman–Crippen LogP) is 37.4. The van der Waals surface area contributed by atoms with Crippen LogP contribution in [0.2, 0.25) is 0 Å². The monoisotopic (exact) mass is 1740 g/mol. The van der Waals surface area contributed by atoms with Crippen LogP contribution >= 0.6 is 0 Å². The molecule has 24 aromatic carbocycles. The number of rotatable bonds is 12. The van der Waals surface area contributed by atoms with E-state index in [1.165, 1.54) is 190 Å². The summed E-state index contributed by atoms with van der Waals surface area (Å²) in [6, 6.07) is 160. The van der Waals surface area contributed by atoms with Crippen LogP contribution in [0.4, 0.5) is 17.6 Å². The largest absolute Gasteiger partial charge is 0.206 e. The van der Waals surface area contributed by atoms with Crippen LogP contribution < -0.4 is 0 Å². The molecule has 0 heterocycles. The molecule has 0 fully saturated rings. The van der Waals surface area contributed by atoms with E-state index in [9.17, 15) is 0 Å². The Morgan fingerprint density at radius 2 is 0.221 bits per heavy atom. The number of hydrogen-bond acceptors (Lipinski definition) is 0. The van der Waals surface area contributed by atoms with E-state index in [2.05, 4.69) is 315 Å². The Morgan fingerprint density at radius 1 is 0.0882 bits per heavy atom. The fourth-order valence-electron chi connectivity index (χ4n) is 23.4. The summed E-state index contributed by atoms with van der Waals surface area (Å²) in [6.07, 6.45) is 0. The summed E-state index contributed by atoms with van der Waals surface area (Å²) in [5.41, 5.74) is 41.6. The van der Waals surface area contributed by atoms with Crippen molar-refractivity contribution in [1.82, 2.24) is 0 Å². The van der Waals surface area contributed by atoms with E-state index in [4.69, 9.17) is 0 Å². The quantitative estimate of drug-likeness (QED) is 0.107. The lowest BCUT2D eigenvalue weighted by molar-refractivity contribution is 0.631. The Hall–Kier alpha value is -17.4. The molecule has 28 rings (SSSR count). The number of benzene rings is 24. The lowest BCUT2D eigenvalue weighted by atomic mass is 9.81. The van der Waals surface area contributed by atoms with Gasteiger partial charge in [0.1, 0.15) is 23.3 Å². The summed E-state index contributed by atoms with van der Waals surface area (Å²) < 4.78 is 64.8. The molecule has 4 aliphatic rings. The zero-order valence-electron chi connectivity index (χ0n) is 73.4. The summed E-state index contributed by atoms with van der Waals surface area (Å²) in [7, 11) is 0. The Balaban J connectivity index is 0.000000144. The Labute approximate surface area is 783 Å². The molecule has 0 aliphatic heterocycles. The smallest absolute Gasteiger partial charge is 0.131 e. The number of hydrogen-bond donors (Lipinski definition) is 0. The van der Waals surface area contributed by atoms with Crippen LogP contribution in [-0.4, -0.2) is 0 Å². The predicted molar refractivity (Wildman–Crippen MR) is 561 cm³/mol. The molecular formula is C132H76F4. The van der Waals surface area contributed by atoms with E-state index in [0.29, 0.717) is 22.3 Å². The molecule has 0 radical (unpaired) electrons. The molecule has 0 bridgehead atoms. The summed E-state index contributed by atoms with van der Waals surface area (Å²) in [5, 5.41) is 12.8. The summed E-state index contributed by atoms with van der Waals surface area (Å²) in [5.74, 6) is -1.42. The third-order valence-corrected chi connectivity index (χ3v) is 29.0. The molecule has 0 atom stereocenters. The van der Waals surface area contributed by atoms with Crippen molar-refractivity contribution in [3.8, 4) is 223 Å². The maximum absolute atomic E-state index is 16.2. The van der Waals surface area contributed by atoms with E-state index >= 15 is 17.6 Å². The first-order valence-corrected chi connectivity index (χ1v) is 46.4. The van der Waals surface area contributed by atoms with Gasteiger partial charge in [-0.25, -0.2) is 17.6 Å². The second kappa shape index (κ2) is 31.1. The van der Waals surface area contributed by atoms with Gasteiger partial charge in [-0.1, -0.05) is 437 Å². The van der Waals surface area contributed by atoms with Gasteiger partial charge in [0.15, 0.2) is 0 Å². The molecule has 0 spiro atoms. The standard InChI is InChI=1S/C78H48.C54H28F4/c1-5-17-49(18-6-1)53-29-37-57(38-30-53)69-61-25-13-14-26-62(61)70(58-39-31-54(32-40-58)50-19-7-2-8-20-50)76-66-47-48-68-74-67(46-45-65(73(66)74)75(69)76)77-71(59-41-33-55(34-42-59)51-21-9-3-10-22-51)63-27-15-16-28-64(63)72(78(68)77)60-43-35-56(36-44-60)52-23-11-4-12-24-52;55-41-21-9-5-17-33(41)45-29-13-1-2-14-30(29)46(34-18-6-10-22-42(34)56)52-38-27-28-40-50-39(26-25-37(49(38)50)51(45)52)53-47(35-19-7-11-23-43(35)57)31-15-3-4-16-32(31)48(54(40)53)36-20-8-12-24-44(36)58/h1-48H;1-28H. The second-order valence-electron chi connectivity index (χ2n) is 36.0. The number of halogens is 4. The molecule has 0 amide bonds. The third kappa shape index (κ3) is 11.8. The maximum Gasteiger partial charge on any atom is 0.131 e. The van der Waals surface area contributed by atoms with Crippen molar-refractivity contribution in [3.63, 3.8) is 0 Å². The van der Waals surface area contributed by atoms with Gasteiger partial charge in [-0.2, -0.15) is 0 Å². The molecule has 0 N–H and O–H groups in total. The van der Waals surface area contributed by atoms with Crippen LogP contribution in [0.3, 0.4) is 0 Å². The highest BCUT2D eigenvalue weighted by molar-refractivity contribution is 6.38. The summed E-state index contributed by atoms with van der Waals surface area (Å²) in [4.78, 5) is 0. The van der Waals surface area contributed by atoms with Crippen LogP contribution in [0.25, 0.3) is 287 Å². The van der Waals surface area contributed by atoms with Gasteiger partial charge >= 0.3 is 0 Å². The van der Waals surface area contributed by atoms with Crippen molar-refractivity contribution in [1.29, 1.82) is 0 Å². The van der Waals surface area contributed by atoms with Gasteiger partial charge in [0.2, 0.25) is 0 Å². The average Bonchev–Trinajstić information content (AvgIpc) is 1.51. The van der Waals surface area contributed by atoms with Gasteiger partial charge in [-0.15, -0.1) is 0 Å². The van der Waals surface area contributed by atoms with Gasteiger partial charge in [-0.05, 0) is 267 Å². The van der Waals surface area contributed by atoms with Gasteiger partial charge in [0.05, 0.1) is 0 Å². The fourth-order valence-corrected chi connectivity index (χ4v) is 23.4. The molecule has 4 heteroatoms. The fraction of sp³-hybridized carbons (Fsp3) is 0. The van der Waals surface area contributed by atoms with Crippen molar-refractivity contribution in [3.05, 3.63) is 484 Å². The van der Waals surface area contributed by atoms with Gasteiger partial charge in [0.25, 0.3) is 0 Å².